The van der Waals surface area contributed by atoms with Gasteiger partial charge in [0.05, 0.1) is 0 Å². The van der Waals surface area contributed by atoms with Crippen molar-refractivity contribution < 1.29 is 0 Å². The molecule has 0 saturated heterocycles. The first-order chi connectivity index (χ1) is 23.8. The van der Waals surface area contributed by atoms with Crippen LogP contribution in [0.5, 0.6) is 0 Å². The van der Waals surface area contributed by atoms with Crippen LogP contribution in [0.1, 0.15) is 0 Å². The molecule has 0 atom stereocenters. The van der Waals surface area contributed by atoms with Gasteiger partial charge in [0.1, 0.15) is 0 Å². The summed E-state index contributed by atoms with van der Waals surface area (Å²) in [6, 6.07) is 68.1. The van der Waals surface area contributed by atoms with Crippen molar-refractivity contribution >= 4 is 59.3 Å². The van der Waals surface area contributed by atoms with Gasteiger partial charge in [-0.2, -0.15) is 0 Å². The molecule has 0 fully saturated rings. The summed E-state index contributed by atoms with van der Waals surface area (Å²) in [7, 11) is 0. The van der Waals surface area contributed by atoms with Crippen LogP contribution in [0.4, 0.5) is 17.1 Å². The average Bonchev–Trinajstić information content (AvgIpc) is 3.54. The van der Waals surface area contributed by atoms with Crippen molar-refractivity contribution in [3.63, 3.8) is 0 Å². The van der Waals surface area contributed by atoms with Gasteiger partial charge in [-0.05, 0) is 105 Å². The first kappa shape index (κ1) is 28.3. The molecule has 9 rings (SSSR count). The number of hydrogen-bond acceptors (Lipinski definition) is 2. The molecule has 0 saturated carbocycles. The van der Waals surface area contributed by atoms with Gasteiger partial charge in [0.25, 0.3) is 0 Å². The molecule has 0 spiro atoms. The average molecular weight is 630 g/mol. The fourth-order valence-corrected chi connectivity index (χ4v) is 8.00. The minimum absolute atomic E-state index is 1.13. The van der Waals surface area contributed by atoms with E-state index in [0.717, 1.165) is 17.1 Å². The summed E-state index contributed by atoms with van der Waals surface area (Å²) in [4.78, 5) is 2.37. The van der Waals surface area contributed by atoms with Crippen LogP contribution < -0.4 is 4.90 Å². The fraction of sp³-hybridized carbons (Fsp3) is 0. The molecule has 0 bridgehead atoms. The van der Waals surface area contributed by atoms with Crippen molar-refractivity contribution in [3.8, 4) is 33.4 Å². The van der Waals surface area contributed by atoms with E-state index < -0.39 is 0 Å². The molecule has 48 heavy (non-hydrogen) atoms. The highest BCUT2D eigenvalue weighted by molar-refractivity contribution is 7.26. The molecule has 2 heteroatoms. The number of thiophene rings is 1. The molecule has 0 aliphatic carbocycles. The molecule has 1 nitrogen and oxygen atoms in total. The Hall–Kier alpha value is -5.96. The van der Waals surface area contributed by atoms with Gasteiger partial charge in [0.15, 0.2) is 0 Å². The van der Waals surface area contributed by atoms with Crippen LogP contribution in [0.15, 0.2) is 188 Å². The Morgan fingerprint density at radius 3 is 1.77 bits per heavy atom. The van der Waals surface area contributed by atoms with E-state index in [1.165, 1.54) is 64.3 Å². The summed E-state index contributed by atoms with van der Waals surface area (Å²) < 4.78 is 2.59. The third-order valence-corrected chi connectivity index (χ3v) is 10.4. The molecule has 8 aromatic carbocycles. The monoisotopic (exact) mass is 629 g/mol. The lowest BCUT2D eigenvalue weighted by atomic mass is 9.96. The Morgan fingerprint density at radius 1 is 0.333 bits per heavy atom. The number of hydrogen-bond donors (Lipinski definition) is 0. The lowest BCUT2D eigenvalue weighted by Gasteiger charge is -2.26. The largest absolute Gasteiger partial charge is 0.310 e. The topological polar surface area (TPSA) is 3.24 Å². The predicted molar refractivity (Wildman–Crippen MR) is 208 cm³/mol. The maximum absolute atomic E-state index is 2.38. The van der Waals surface area contributed by atoms with Gasteiger partial charge < -0.3 is 4.90 Å². The van der Waals surface area contributed by atoms with E-state index in [1.54, 1.807) is 0 Å². The molecule has 0 aliphatic rings. The lowest BCUT2D eigenvalue weighted by Crippen LogP contribution is -2.09. The zero-order valence-corrected chi connectivity index (χ0v) is 27.1. The molecule has 0 amide bonds. The summed E-state index contributed by atoms with van der Waals surface area (Å²) in [5, 5.41) is 5.11. The number of para-hydroxylation sites is 1. The van der Waals surface area contributed by atoms with Crippen molar-refractivity contribution in [2.24, 2.45) is 0 Å². The number of rotatable bonds is 6. The Labute approximate surface area is 284 Å². The second-order valence-corrected chi connectivity index (χ2v) is 13.3. The number of anilines is 3. The maximum Gasteiger partial charge on any atom is 0.0468 e. The Bertz CT molecular complexity index is 2550. The lowest BCUT2D eigenvalue weighted by molar-refractivity contribution is 1.29. The van der Waals surface area contributed by atoms with Gasteiger partial charge in [-0.3, -0.25) is 0 Å². The zero-order chi connectivity index (χ0) is 31.9. The molecular weight excluding hydrogens is 599 g/mol. The molecule has 226 valence electrons. The van der Waals surface area contributed by atoms with Crippen LogP contribution in [0.25, 0.3) is 64.3 Å². The second-order valence-electron chi connectivity index (χ2n) is 12.2. The number of fused-ring (bicyclic) bond motifs is 4. The standard InChI is InChI=1S/C46H31NS/c1-3-11-32(12-4-1)36-15-9-16-38(30-36)42-19-10-20-45-46(42)43-31-41(27-28-44(43)48-45)47(39-17-5-2-6-18-39)40-25-23-34(24-26-40)37-22-21-33-13-7-8-14-35(33)29-37/h1-31H. The summed E-state index contributed by atoms with van der Waals surface area (Å²) in [5.41, 5.74) is 10.8. The van der Waals surface area contributed by atoms with E-state index in [-0.39, 0.29) is 0 Å². The van der Waals surface area contributed by atoms with Crippen LogP contribution in [0.2, 0.25) is 0 Å². The maximum atomic E-state index is 2.38. The van der Waals surface area contributed by atoms with Crippen LogP contribution in [0.3, 0.4) is 0 Å². The number of benzene rings is 8. The summed E-state index contributed by atoms with van der Waals surface area (Å²) in [5.74, 6) is 0. The van der Waals surface area contributed by atoms with Crippen LogP contribution in [-0.2, 0) is 0 Å². The quantitative estimate of drug-likeness (QED) is 0.177. The highest BCUT2D eigenvalue weighted by atomic mass is 32.1. The van der Waals surface area contributed by atoms with E-state index >= 15 is 0 Å². The molecule has 0 radical (unpaired) electrons. The van der Waals surface area contributed by atoms with Crippen molar-refractivity contribution in [3.05, 3.63) is 188 Å². The van der Waals surface area contributed by atoms with Crippen molar-refractivity contribution in [2.45, 2.75) is 0 Å². The molecular formula is C46H31NS. The van der Waals surface area contributed by atoms with E-state index in [4.69, 9.17) is 0 Å². The van der Waals surface area contributed by atoms with Crippen LogP contribution in [0, 0.1) is 0 Å². The molecule has 1 heterocycles. The smallest absolute Gasteiger partial charge is 0.0468 e. The summed E-state index contributed by atoms with van der Waals surface area (Å²) in [6.07, 6.45) is 0. The Morgan fingerprint density at radius 2 is 0.938 bits per heavy atom. The van der Waals surface area contributed by atoms with Gasteiger partial charge in [0, 0.05) is 37.2 Å². The van der Waals surface area contributed by atoms with Gasteiger partial charge in [-0.15, -0.1) is 11.3 Å². The number of nitrogens with zero attached hydrogens (tertiary/aromatic N) is 1. The van der Waals surface area contributed by atoms with Crippen LogP contribution >= 0.6 is 11.3 Å². The highest BCUT2D eigenvalue weighted by Gasteiger charge is 2.17. The van der Waals surface area contributed by atoms with E-state index in [1.807, 2.05) is 11.3 Å². The van der Waals surface area contributed by atoms with Crippen molar-refractivity contribution in [1.29, 1.82) is 0 Å². The highest BCUT2D eigenvalue weighted by Crippen LogP contribution is 2.44. The molecule has 1 aromatic heterocycles. The van der Waals surface area contributed by atoms with Gasteiger partial charge in [-0.25, -0.2) is 0 Å². The van der Waals surface area contributed by atoms with Gasteiger partial charge >= 0.3 is 0 Å². The summed E-state index contributed by atoms with van der Waals surface area (Å²) >= 11 is 1.86. The predicted octanol–water partition coefficient (Wildman–Crippen LogP) is 13.7. The third-order valence-electron chi connectivity index (χ3n) is 9.24. The normalized spacial score (nSPS) is 11.3. The Balaban J connectivity index is 1.16. The van der Waals surface area contributed by atoms with Crippen molar-refractivity contribution in [2.75, 3.05) is 4.90 Å². The summed E-state index contributed by atoms with van der Waals surface area (Å²) in [6.45, 7) is 0. The third kappa shape index (κ3) is 5.13. The molecule has 9 aromatic rings. The van der Waals surface area contributed by atoms with Crippen molar-refractivity contribution in [1.82, 2.24) is 0 Å². The molecule has 0 aliphatic heterocycles. The van der Waals surface area contributed by atoms with E-state index in [0.29, 0.717) is 0 Å². The van der Waals surface area contributed by atoms with E-state index in [2.05, 4.69) is 193 Å². The first-order valence-electron chi connectivity index (χ1n) is 16.3. The minimum atomic E-state index is 1.13. The fourth-order valence-electron chi connectivity index (χ4n) is 6.89. The second kappa shape index (κ2) is 12.0. The minimum Gasteiger partial charge on any atom is -0.310 e. The first-order valence-corrected chi connectivity index (χ1v) is 17.2. The van der Waals surface area contributed by atoms with Gasteiger partial charge in [-0.1, -0.05) is 127 Å². The SMILES string of the molecule is c1ccc(-c2cccc(-c3cccc4sc5ccc(N(c6ccccc6)c6ccc(-c7ccc8ccccc8c7)cc6)cc5c34)c2)cc1. The molecule has 0 N–H and O–H groups in total. The van der Waals surface area contributed by atoms with E-state index in [9.17, 15) is 0 Å². The zero-order valence-electron chi connectivity index (χ0n) is 26.3. The van der Waals surface area contributed by atoms with Crippen LogP contribution in [-0.4, -0.2) is 0 Å². The molecule has 0 unspecified atom stereocenters. The van der Waals surface area contributed by atoms with Gasteiger partial charge in [0.2, 0.25) is 0 Å². The Kier molecular flexibility index (Phi) is 7.07.